The van der Waals surface area contributed by atoms with Crippen molar-refractivity contribution in [2.24, 2.45) is 5.92 Å². The lowest BCUT2D eigenvalue weighted by Crippen LogP contribution is -2.33. The number of aromatic nitrogens is 1. The standard InChI is InChI=1S/C25H33N3O3.ClH/c1-18(20-9-4-3-5-10-20)28-17-21(16-22(25(28)31)24(30)26-2)23(29)11-7-6-8-19-12-14-27-15-13-19;/h3-5,9-10,16-19,27H,6-8,11-15H2,1-2H3,(H,26,30);1H/t18-;/m1./s1. The highest BCUT2D eigenvalue weighted by atomic mass is 35.5. The fourth-order valence-electron chi connectivity index (χ4n) is 4.27. The second kappa shape index (κ2) is 12.6. The highest BCUT2D eigenvalue weighted by Crippen LogP contribution is 2.21. The predicted octanol–water partition coefficient (Wildman–Crippen LogP) is 3.98. The zero-order valence-corrected chi connectivity index (χ0v) is 19.7. The molecule has 1 aromatic heterocycles. The van der Waals surface area contributed by atoms with Crippen molar-refractivity contribution >= 4 is 24.1 Å². The summed E-state index contributed by atoms with van der Waals surface area (Å²) < 4.78 is 1.50. The van der Waals surface area contributed by atoms with E-state index in [9.17, 15) is 14.4 Å². The molecule has 0 aliphatic carbocycles. The molecule has 2 aromatic rings. The van der Waals surface area contributed by atoms with E-state index in [1.807, 2.05) is 37.3 Å². The van der Waals surface area contributed by atoms with E-state index in [1.54, 1.807) is 6.20 Å². The molecule has 174 valence electrons. The number of amides is 1. The second-order valence-electron chi connectivity index (χ2n) is 8.38. The zero-order chi connectivity index (χ0) is 22.2. The molecule has 1 aromatic carbocycles. The number of carbonyl (C=O) groups is 2. The van der Waals surface area contributed by atoms with Gasteiger partial charge in [0.25, 0.3) is 11.5 Å². The molecular formula is C25H34ClN3O3. The van der Waals surface area contributed by atoms with E-state index in [-0.39, 0.29) is 29.8 Å². The van der Waals surface area contributed by atoms with E-state index in [4.69, 9.17) is 0 Å². The summed E-state index contributed by atoms with van der Waals surface area (Å²) >= 11 is 0. The van der Waals surface area contributed by atoms with Gasteiger partial charge in [-0.25, -0.2) is 0 Å². The number of unbranched alkanes of at least 4 members (excludes halogenated alkanes) is 1. The molecule has 7 heteroatoms. The number of nitrogens with one attached hydrogen (secondary N) is 2. The maximum absolute atomic E-state index is 13.0. The van der Waals surface area contributed by atoms with Crippen LogP contribution in [-0.4, -0.2) is 36.4 Å². The topological polar surface area (TPSA) is 80.2 Å². The smallest absolute Gasteiger partial charge is 0.263 e. The number of ketones is 1. The van der Waals surface area contributed by atoms with Crippen LogP contribution in [0.5, 0.6) is 0 Å². The summed E-state index contributed by atoms with van der Waals surface area (Å²) in [6.07, 6.45) is 7.47. The Morgan fingerprint density at radius 1 is 1.16 bits per heavy atom. The molecule has 1 amide bonds. The molecule has 0 saturated carbocycles. The Morgan fingerprint density at radius 2 is 1.84 bits per heavy atom. The fourth-order valence-corrected chi connectivity index (χ4v) is 4.27. The fraction of sp³-hybridized carbons (Fsp3) is 0.480. The minimum atomic E-state index is -0.473. The van der Waals surface area contributed by atoms with Crippen LogP contribution in [0.15, 0.2) is 47.4 Å². The summed E-state index contributed by atoms with van der Waals surface area (Å²) in [6, 6.07) is 10.8. The van der Waals surface area contributed by atoms with Crippen molar-refractivity contribution in [2.75, 3.05) is 20.1 Å². The molecule has 2 N–H and O–H groups in total. The maximum atomic E-state index is 13.0. The molecule has 0 bridgehead atoms. The Morgan fingerprint density at radius 3 is 2.50 bits per heavy atom. The van der Waals surface area contributed by atoms with Crippen LogP contribution in [0.1, 0.15) is 77.8 Å². The molecule has 2 heterocycles. The largest absolute Gasteiger partial charge is 0.355 e. The monoisotopic (exact) mass is 459 g/mol. The van der Waals surface area contributed by atoms with Gasteiger partial charge >= 0.3 is 0 Å². The minimum absolute atomic E-state index is 0. The molecule has 32 heavy (non-hydrogen) atoms. The van der Waals surface area contributed by atoms with Gasteiger partial charge in [0.05, 0.1) is 6.04 Å². The van der Waals surface area contributed by atoms with Crippen molar-refractivity contribution in [2.45, 2.75) is 51.5 Å². The molecule has 0 spiro atoms. The van der Waals surface area contributed by atoms with Crippen molar-refractivity contribution < 1.29 is 9.59 Å². The van der Waals surface area contributed by atoms with Crippen LogP contribution >= 0.6 is 12.4 Å². The van der Waals surface area contributed by atoms with E-state index in [2.05, 4.69) is 10.6 Å². The molecule has 1 fully saturated rings. The van der Waals surface area contributed by atoms with Gasteiger partial charge in [0.15, 0.2) is 5.78 Å². The number of Topliss-reactive ketones (excluding diaryl/α,β-unsaturated/α-hetero) is 1. The number of hydrogen-bond donors (Lipinski definition) is 2. The van der Waals surface area contributed by atoms with Gasteiger partial charge in [0.1, 0.15) is 5.56 Å². The quantitative estimate of drug-likeness (QED) is 0.439. The summed E-state index contributed by atoms with van der Waals surface area (Å²) in [7, 11) is 1.49. The third-order valence-corrected chi connectivity index (χ3v) is 6.26. The lowest BCUT2D eigenvalue weighted by Gasteiger charge is -2.22. The van der Waals surface area contributed by atoms with Crippen LogP contribution in [0.25, 0.3) is 0 Å². The lowest BCUT2D eigenvalue weighted by molar-refractivity contribution is 0.0961. The van der Waals surface area contributed by atoms with E-state index in [0.29, 0.717) is 12.0 Å². The molecule has 6 nitrogen and oxygen atoms in total. The first kappa shape index (κ1) is 25.8. The Hall–Kier alpha value is -2.44. The SMILES string of the molecule is CNC(=O)c1cc(C(=O)CCCCC2CCNCC2)cn([C@H](C)c2ccccc2)c1=O.Cl. The minimum Gasteiger partial charge on any atom is -0.355 e. The van der Waals surface area contributed by atoms with Gasteiger partial charge in [-0.05, 0) is 56.8 Å². The molecule has 0 radical (unpaired) electrons. The Bertz CT molecular complexity index is 953. The van der Waals surface area contributed by atoms with Crippen LogP contribution in [0.4, 0.5) is 0 Å². The number of halogens is 1. The average molecular weight is 460 g/mol. The summed E-state index contributed by atoms with van der Waals surface area (Å²) in [4.78, 5) is 38.2. The number of nitrogens with zero attached hydrogens (tertiary/aromatic N) is 1. The Labute approximate surface area is 196 Å². The van der Waals surface area contributed by atoms with Gasteiger partial charge in [0.2, 0.25) is 0 Å². The Kier molecular flexibility index (Phi) is 10.1. The normalized spacial score (nSPS) is 14.9. The van der Waals surface area contributed by atoms with Crippen LogP contribution in [0.3, 0.4) is 0 Å². The van der Waals surface area contributed by atoms with E-state index >= 15 is 0 Å². The molecule has 1 aliphatic rings. The molecule has 3 rings (SSSR count). The van der Waals surface area contributed by atoms with Crippen LogP contribution in [-0.2, 0) is 0 Å². The van der Waals surface area contributed by atoms with Crippen molar-refractivity contribution in [3.8, 4) is 0 Å². The van der Waals surface area contributed by atoms with Crippen LogP contribution < -0.4 is 16.2 Å². The van der Waals surface area contributed by atoms with Crippen molar-refractivity contribution in [1.29, 1.82) is 0 Å². The number of rotatable bonds is 9. The predicted molar refractivity (Wildman–Crippen MR) is 130 cm³/mol. The van der Waals surface area contributed by atoms with E-state index in [1.165, 1.54) is 30.5 Å². The summed E-state index contributed by atoms with van der Waals surface area (Å²) in [6.45, 7) is 4.08. The highest BCUT2D eigenvalue weighted by Gasteiger charge is 2.20. The Balaban J connectivity index is 0.00000363. The number of piperidine rings is 1. The van der Waals surface area contributed by atoms with Crippen molar-refractivity contribution in [3.05, 3.63) is 69.6 Å². The molecule has 0 unspecified atom stereocenters. The number of benzene rings is 1. The first-order chi connectivity index (χ1) is 15.0. The lowest BCUT2D eigenvalue weighted by atomic mass is 9.92. The second-order valence-corrected chi connectivity index (χ2v) is 8.38. The van der Waals surface area contributed by atoms with E-state index in [0.717, 1.165) is 43.8 Å². The number of pyridine rings is 1. The third kappa shape index (κ3) is 6.53. The zero-order valence-electron chi connectivity index (χ0n) is 18.9. The van der Waals surface area contributed by atoms with Gasteiger partial charge in [-0.15, -0.1) is 12.4 Å². The third-order valence-electron chi connectivity index (χ3n) is 6.26. The van der Waals surface area contributed by atoms with Crippen LogP contribution in [0, 0.1) is 5.92 Å². The van der Waals surface area contributed by atoms with Gasteiger partial charge in [-0.1, -0.05) is 43.2 Å². The molecule has 1 atom stereocenters. The van der Waals surface area contributed by atoms with E-state index < -0.39 is 11.5 Å². The van der Waals surface area contributed by atoms with Crippen molar-refractivity contribution in [3.63, 3.8) is 0 Å². The summed E-state index contributed by atoms with van der Waals surface area (Å²) in [5, 5.41) is 5.89. The first-order valence-electron chi connectivity index (χ1n) is 11.3. The van der Waals surface area contributed by atoms with Gasteiger partial charge < -0.3 is 15.2 Å². The first-order valence-corrected chi connectivity index (χ1v) is 11.3. The van der Waals surface area contributed by atoms with Crippen LogP contribution in [0.2, 0.25) is 0 Å². The van der Waals surface area contributed by atoms with Gasteiger partial charge in [-0.3, -0.25) is 14.4 Å². The molecule has 1 saturated heterocycles. The van der Waals surface area contributed by atoms with Crippen molar-refractivity contribution in [1.82, 2.24) is 15.2 Å². The average Bonchev–Trinajstić information content (AvgIpc) is 2.82. The summed E-state index contributed by atoms with van der Waals surface area (Å²) in [5.41, 5.74) is 0.978. The number of hydrogen-bond acceptors (Lipinski definition) is 4. The molecule has 1 aliphatic heterocycles. The summed E-state index contributed by atoms with van der Waals surface area (Å²) in [5.74, 6) is 0.258. The molecular weight excluding hydrogens is 426 g/mol. The number of carbonyl (C=O) groups excluding carboxylic acids is 2. The maximum Gasteiger partial charge on any atom is 0.263 e. The highest BCUT2D eigenvalue weighted by molar-refractivity contribution is 6.00. The van der Waals surface area contributed by atoms with Gasteiger partial charge in [-0.2, -0.15) is 0 Å². The van der Waals surface area contributed by atoms with Gasteiger partial charge in [0, 0.05) is 25.2 Å².